The van der Waals surface area contributed by atoms with Crippen LogP contribution in [-0.2, 0) is 22.4 Å². The lowest BCUT2D eigenvalue weighted by Gasteiger charge is -2.15. The second-order valence-electron chi connectivity index (χ2n) is 3.66. The highest BCUT2D eigenvalue weighted by Gasteiger charge is 2.29. The van der Waals surface area contributed by atoms with E-state index in [2.05, 4.69) is 9.72 Å². The van der Waals surface area contributed by atoms with Gasteiger partial charge in [-0.15, -0.1) is 0 Å². The van der Waals surface area contributed by atoms with E-state index in [1.54, 1.807) is 0 Å². The first-order valence-corrected chi connectivity index (χ1v) is 4.91. The first kappa shape index (κ1) is 10.7. The molecule has 0 radical (unpaired) electrons. The van der Waals surface area contributed by atoms with Crippen LogP contribution in [-0.4, -0.2) is 29.1 Å². The van der Waals surface area contributed by atoms with Crippen molar-refractivity contribution in [3.63, 3.8) is 0 Å². The maximum Gasteiger partial charge on any atom is 0.394 e. The predicted octanol–water partition coefficient (Wildman–Crippen LogP) is 0.651. The lowest BCUT2D eigenvalue weighted by atomic mass is 9.91. The van der Waals surface area contributed by atoms with E-state index in [1.165, 1.54) is 7.11 Å². The minimum atomic E-state index is -0.846. The monoisotopic (exact) mass is 225 g/mol. The summed E-state index contributed by atoms with van der Waals surface area (Å²) in [5, 5.41) is 8.87. The molecule has 1 heterocycles. The molecule has 0 spiro atoms. The van der Waals surface area contributed by atoms with Gasteiger partial charge in [-0.3, -0.25) is 4.79 Å². The van der Waals surface area contributed by atoms with Gasteiger partial charge in [-0.2, -0.15) is 0 Å². The van der Waals surface area contributed by atoms with Gasteiger partial charge >= 0.3 is 17.8 Å². The van der Waals surface area contributed by atoms with Crippen molar-refractivity contribution in [2.45, 2.75) is 19.3 Å². The van der Waals surface area contributed by atoms with Crippen molar-refractivity contribution in [2.24, 2.45) is 5.92 Å². The maximum absolute atomic E-state index is 11.2. The van der Waals surface area contributed by atoms with Crippen molar-refractivity contribution in [2.75, 3.05) is 7.11 Å². The van der Waals surface area contributed by atoms with Crippen LogP contribution in [0.25, 0.3) is 0 Å². The zero-order chi connectivity index (χ0) is 11.7. The van der Waals surface area contributed by atoms with Gasteiger partial charge in [-0.25, -0.2) is 9.78 Å². The van der Waals surface area contributed by atoms with Gasteiger partial charge in [0.2, 0.25) is 0 Å². The van der Waals surface area contributed by atoms with Gasteiger partial charge in [0.25, 0.3) is 0 Å². The zero-order valence-electron chi connectivity index (χ0n) is 8.73. The lowest BCUT2D eigenvalue weighted by Crippen LogP contribution is -2.21. The third-order valence-corrected chi connectivity index (χ3v) is 2.65. The van der Waals surface area contributed by atoms with Crippen LogP contribution in [0, 0.1) is 5.92 Å². The molecule has 16 heavy (non-hydrogen) atoms. The number of ether oxygens (including phenoxy) is 1. The Morgan fingerprint density at radius 1 is 1.56 bits per heavy atom. The van der Waals surface area contributed by atoms with E-state index in [0.29, 0.717) is 24.3 Å². The third-order valence-electron chi connectivity index (χ3n) is 2.65. The van der Waals surface area contributed by atoms with Gasteiger partial charge in [0.15, 0.2) is 0 Å². The van der Waals surface area contributed by atoms with Crippen LogP contribution in [0.5, 0.6) is 0 Å². The van der Waals surface area contributed by atoms with E-state index in [4.69, 9.17) is 9.52 Å². The Balaban J connectivity index is 2.23. The van der Waals surface area contributed by atoms with Gasteiger partial charge in [0.05, 0.1) is 18.7 Å². The number of aryl methyl sites for hydroxylation is 1. The second-order valence-corrected chi connectivity index (χ2v) is 3.66. The number of rotatable bonds is 2. The molecule has 1 unspecified atom stereocenters. The fourth-order valence-corrected chi connectivity index (χ4v) is 1.76. The number of esters is 1. The van der Waals surface area contributed by atoms with Crippen LogP contribution in [0.15, 0.2) is 4.42 Å². The number of carbonyl (C=O) groups excluding carboxylic acids is 1. The third kappa shape index (κ3) is 1.78. The molecule has 6 heteroatoms. The molecule has 2 rings (SSSR count). The number of nitrogens with zero attached hydrogens (tertiary/aromatic N) is 1. The highest BCUT2D eigenvalue weighted by molar-refractivity contribution is 5.84. The molecular formula is C10H11NO5. The highest BCUT2D eigenvalue weighted by Crippen LogP contribution is 2.26. The molecule has 1 N–H and O–H groups in total. The number of methoxy groups -OCH3 is 1. The molecule has 0 fully saturated rings. The fourth-order valence-electron chi connectivity index (χ4n) is 1.76. The predicted molar refractivity (Wildman–Crippen MR) is 51.0 cm³/mol. The van der Waals surface area contributed by atoms with E-state index in [-0.39, 0.29) is 12.3 Å². The summed E-state index contributed by atoms with van der Waals surface area (Å²) in [5.41, 5.74) is 0.665. The first-order chi connectivity index (χ1) is 7.61. The average molecular weight is 225 g/mol. The first-order valence-electron chi connectivity index (χ1n) is 4.91. The van der Waals surface area contributed by atoms with Gasteiger partial charge in [-0.05, 0) is 12.8 Å². The standard InChI is InChI=1S/C10H11NO5/c1-15-10(14)8-11-6-3-2-5(9(12)13)4-7(6)16-8/h5H,2-4H2,1H3,(H,12,13). The number of hydrogen-bond acceptors (Lipinski definition) is 5. The summed E-state index contributed by atoms with van der Waals surface area (Å²) in [4.78, 5) is 25.9. The average Bonchev–Trinajstić information content (AvgIpc) is 2.70. The van der Waals surface area contributed by atoms with Crippen molar-refractivity contribution in [1.82, 2.24) is 4.98 Å². The summed E-state index contributed by atoms with van der Waals surface area (Å²) >= 11 is 0. The van der Waals surface area contributed by atoms with Crippen LogP contribution in [0.1, 0.15) is 28.6 Å². The molecular weight excluding hydrogens is 214 g/mol. The molecule has 86 valence electrons. The smallest absolute Gasteiger partial charge is 0.394 e. The van der Waals surface area contributed by atoms with E-state index in [1.807, 2.05) is 0 Å². The summed E-state index contributed by atoms with van der Waals surface area (Å²) < 4.78 is 9.67. The van der Waals surface area contributed by atoms with Crippen molar-refractivity contribution < 1.29 is 23.8 Å². The molecule has 0 aromatic carbocycles. The number of carbonyl (C=O) groups is 2. The Morgan fingerprint density at radius 3 is 2.94 bits per heavy atom. The van der Waals surface area contributed by atoms with Gasteiger partial charge in [-0.1, -0.05) is 0 Å². The number of oxazole rings is 1. The van der Waals surface area contributed by atoms with E-state index in [0.717, 1.165) is 0 Å². The zero-order valence-corrected chi connectivity index (χ0v) is 8.73. The van der Waals surface area contributed by atoms with E-state index >= 15 is 0 Å². The highest BCUT2D eigenvalue weighted by atomic mass is 16.5. The Morgan fingerprint density at radius 2 is 2.31 bits per heavy atom. The maximum atomic E-state index is 11.2. The number of fused-ring (bicyclic) bond motifs is 1. The van der Waals surface area contributed by atoms with Crippen molar-refractivity contribution in [3.05, 3.63) is 17.3 Å². The summed E-state index contributed by atoms with van der Waals surface area (Å²) in [6.45, 7) is 0. The normalized spacial score (nSPS) is 18.9. The summed E-state index contributed by atoms with van der Waals surface area (Å²) in [6, 6.07) is 0. The molecule has 0 aliphatic heterocycles. The van der Waals surface area contributed by atoms with Crippen LogP contribution in [0.3, 0.4) is 0 Å². The largest absolute Gasteiger partial charge is 0.481 e. The number of aliphatic carboxylic acids is 1. The topological polar surface area (TPSA) is 89.6 Å². The molecule has 1 atom stereocenters. The molecule has 1 aromatic rings. The fraction of sp³-hybridized carbons (Fsp3) is 0.500. The summed E-state index contributed by atoms with van der Waals surface area (Å²) in [7, 11) is 1.24. The van der Waals surface area contributed by atoms with Crippen LogP contribution < -0.4 is 0 Å². The quantitative estimate of drug-likeness (QED) is 0.743. The Labute approximate surface area is 91.2 Å². The molecule has 1 aliphatic carbocycles. The second kappa shape index (κ2) is 3.96. The van der Waals surface area contributed by atoms with Gasteiger partial charge in [0, 0.05) is 6.42 Å². The van der Waals surface area contributed by atoms with Crippen LogP contribution in [0.2, 0.25) is 0 Å². The lowest BCUT2D eigenvalue weighted by molar-refractivity contribution is -0.142. The van der Waals surface area contributed by atoms with Gasteiger partial charge < -0.3 is 14.3 Å². The minimum Gasteiger partial charge on any atom is -0.481 e. The SMILES string of the molecule is COC(=O)c1nc2c(o1)CC(C(=O)O)CC2. The summed E-state index contributed by atoms with van der Waals surface area (Å²) in [6.07, 6.45) is 1.33. The number of carboxylic acid groups (broad SMARTS) is 1. The molecule has 1 aromatic heterocycles. The van der Waals surface area contributed by atoms with Crippen molar-refractivity contribution in [3.8, 4) is 0 Å². The molecule has 0 saturated heterocycles. The summed E-state index contributed by atoms with van der Waals surface area (Å²) in [5.74, 6) is -1.55. The molecule has 1 aliphatic rings. The number of aromatic nitrogens is 1. The Hall–Kier alpha value is -1.85. The van der Waals surface area contributed by atoms with Gasteiger partial charge in [0.1, 0.15) is 5.76 Å². The minimum absolute atomic E-state index is 0.0986. The molecule has 0 bridgehead atoms. The molecule has 0 amide bonds. The number of hydrogen-bond donors (Lipinski definition) is 1. The molecule has 0 saturated carbocycles. The van der Waals surface area contributed by atoms with E-state index < -0.39 is 17.9 Å². The Bertz CT molecular complexity index is 436. The van der Waals surface area contributed by atoms with Crippen molar-refractivity contribution >= 4 is 11.9 Å². The van der Waals surface area contributed by atoms with Crippen LogP contribution >= 0.6 is 0 Å². The molecule has 6 nitrogen and oxygen atoms in total. The van der Waals surface area contributed by atoms with E-state index in [9.17, 15) is 9.59 Å². The Kier molecular flexibility index (Phi) is 2.64. The number of carboxylic acids is 1. The van der Waals surface area contributed by atoms with Crippen LogP contribution in [0.4, 0.5) is 0 Å². The van der Waals surface area contributed by atoms with Crippen molar-refractivity contribution in [1.29, 1.82) is 0 Å².